The zero-order chi connectivity index (χ0) is 21.6. The quantitative estimate of drug-likeness (QED) is 0.153. The molecule has 0 unspecified atom stereocenters. The zero-order valence-corrected chi connectivity index (χ0v) is 22.6. The van der Waals surface area contributed by atoms with Gasteiger partial charge in [0.1, 0.15) is 25.1 Å². The van der Waals surface area contributed by atoms with Crippen LogP contribution in [0, 0.1) is 0 Å². The van der Waals surface area contributed by atoms with E-state index in [1.807, 2.05) is 0 Å². The van der Waals surface area contributed by atoms with Crippen LogP contribution < -0.4 is 69.0 Å². The number of hydrogen-bond acceptors (Lipinski definition) is 10. The van der Waals surface area contributed by atoms with Crippen molar-refractivity contribution in [1.29, 1.82) is 0 Å². The Morgan fingerprint density at radius 1 is 0.710 bits per heavy atom. The summed E-state index contributed by atoms with van der Waals surface area (Å²) in [6, 6.07) is 9.82. The molecule has 3 aromatic rings. The topological polar surface area (TPSA) is 184 Å². The van der Waals surface area contributed by atoms with Crippen LogP contribution >= 0.6 is 0 Å². The van der Waals surface area contributed by atoms with Crippen LogP contribution in [-0.4, -0.2) is 34.4 Å². The fraction of sp³-hybridized carbons (Fsp3) is 0. The van der Waals surface area contributed by atoms with Gasteiger partial charge in [-0.1, -0.05) is 18.2 Å². The van der Waals surface area contributed by atoms with E-state index < -0.39 is 45.9 Å². The number of anilines is 1. The van der Waals surface area contributed by atoms with E-state index >= 15 is 0 Å². The molecule has 0 aliphatic heterocycles. The molecular weight excluding hydrogens is 492 g/mol. The summed E-state index contributed by atoms with van der Waals surface area (Å²) in [5.41, 5.74) is 5.40. The largest absolute Gasteiger partial charge is 1.00 e. The molecule has 3 rings (SSSR count). The Morgan fingerprint density at radius 3 is 1.68 bits per heavy atom. The van der Waals surface area contributed by atoms with E-state index in [1.54, 1.807) is 6.07 Å². The van der Waals surface area contributed by atoms with Crippen molar-refractivity contribution in [3.8, 4) is 5.75 Å². The molecule has 154 valence electrons. The molecule has 0 spiro atoms. The van der Waals surface area contributed by atoms with Crippen LogP contribution in [0.25, 0.3) is 10.8 Å². The monoisotopic (exact) mass is 503 g/mol. The average molecular weight is 503 g/mol. The molecule has 0 atom stereocenters. The molecule has 0 aliphatic rings. The van der Waals surface area contributed by atoms with Gasteiger partial charge in [0.05, 0.1) is 9.79 Å². The van der Waals surface area contributed by atoms with Crippen LogP contribution in [0.15, 0.2) is 69.3 Å². The predicted molar refractivity (Wildman–Crippen MR) is 98.5 cm³/mol. The minimum Gasteiger partial charge on any atom is -0.744 e. The van der Waals surface area contributed by atoms with E-state index in [2.05, 4.69) is 0 Å². The summed E-state index contributed by atoms with van der Waals surface area (Å²) >= 11 is 0. The number of benzene rings is 3. The Labute approximate surface area is 223 Å². The van der Waals surface area contributed by atoms with Crippen molar-refractivity contribution in [1.82, 2.24) is 0 Å². The van der Waals surface area contributed by atoms with Crippen molar-refractivity contribution in [3.05, 3.63) is 54.6 Å². The Hall–Kier alpha value is -0.710. The molecule has 0 aliphatic carbocycles. The maximum absolute atomic E-state index is 12.5. The maximum Gasteiger partial charge on any atom is 1.00 e. The van der Waals surface area contributed by atoms with Gasteiger partial charge in [-0.3, -0.25) is 0 Å². The van der Waals surface area contributed by atoms with Crippen molar-refractivity contribution in [2.75, 3.05) is 5.73 Å². The van der Waals surface area contributed by atoms with Gasteiger partial charge in [-0.15, -0.1) is 0 Å². The van der Waals surface area contributed by atoms with Crippen LogP contribution in [0.5, 0.6) is 5.75 Å². The molecule has 3 aromatic carbocycles. The zero-order valence-electron chi connectivity index (χ0n) is 16.2. The van der Waals surface area contributed by atoms with E-state index in [0.29, 0.717) is 6.07 Å². The van der Waals surface area contributed by atoms with Gasteiger partial charge in [-0.05, 0) is 35.7 Å². The maximum atomic E-state index is 12.5. The molecule has 0 fully saturated rings. The van der Waals surface area contributed by atoms with Crippen LogP contribution in [-0.2, 0) is 30.4 Å². The summed E-state index contributed by atoms with van der Waals surface area (Å²) < 4.78 is 98.3. The molecule has 15 heteroatoms. The van der Waals surface area contributed by atoms with Crippen LogP contribution in [0.1, 0.15) is 0 Å². The minimum absolute atomic E-state index is 0. The number of rotatable bonds is 5. The summed E-state index contributed by atoms with van der Waals surface area (Å²) in [4.78, 5) is -1.95. The summed E-state index contributed by atoms with van der Waals surface area (Å²) in [5.74, 6) is -0.617. The standard InChI is InChI=1S/C16H13NO9S3.2Na/c17-14-8-12(27(18,19)20)6-10-7-13(28(21,22)23)9-15(16(10)14)26-29(24,25)11-4-2-1-3-5-11;;/h1-9H,17H2,(H,18,19,20)(H,21,22,23);;/q;2*+1/p-2. The van der Waals surface area contributed by atoms with Gasteiger partial charge >= 0.3 is 69.2 Å². The van der Waals surface area contributed by atoms with Crippen LogP contribution in [0.4, 0.5) is 5.69 Å². The second-order valence-corrected chi connectivity index (χ2v) is 10.1. The molecule has 0 bridgehead atoms. The Balaban J connectivity index is 0.00000240. The van der Waals surface area contributed by atoms with Gasteiger partial charge in [0, 0.05) is 17.1 Å². The van der Waals surface area contributed by atoms with Gasteiger partial charge in [-0.2, -0.15) is 8.42 Å². The molecule has 0 radical (unpaired) electrons. The fourth-order valence-electron chi connectivity index (χ4n) is 2.56. The SMILES string of the molecule is Nc1cc(S(=O)(=O)[O-])cc2cc(S(=O)(=O)[O-])cc(OS(=O)(=O)c3ccccc3)c12.[Na+].[Na+]. The molecule has 2 N–H and O–H groups in total. The molecular formula is C16H11NNa2O9S3. The average Bonchev–Trinajstić information content (AvgIpc) is 2.60. The van der Waals surface area contributed by atoms with Crippen LogP contribution in [0.3, 0.4) is 0 Å². The first-order valence-electron chi connectivity index (χ1n) is 7.58. The molecule has 10 nitrogen and oxygen atoms in total. The molecule has 31 heavy (non-hydrogen) atoms. The smallest absolute Gasteiger partial charge is 0.744 e. The molecule has 0 aromatic heterocycles. The number of nitrogen functional groups attached to an aromatic ring is 1. The normalized spacial score (nSPS) is 11.9. The Bertz CT molecular complexity index is 1440. The van der Waals surface area contributed by atoms with E-state index in [1.165, 1.54) is 24.3 Å². The van der Waals surface area contributed by atoms with Gasteiger partial charge in [0.2, 0.25) is 0 Å². The van der Waals surface area contributed by atoms with Crippen molar-refractivity contribution in [3.63, 3.8) is 0 Å². The summed E-state index contributed by atoms with van der Waals surface area (Å²) in [5, 5.41) is -0.473. The van der Waals surface area contributed by atoms with E-state index in [4.69, 9.17) is 9.92 Å². The molecule has 0 saturated carbocycles. The van der Waals surface area contributed by atoms with Crippen molar-refractivity contribution < 1.29 is 97.7 Å². The van der Waals surface area contributed by atoms with Crippen molar-refractivity contribution in [2.24, 2.45) is 0 Å². The van der Waals surface area contributed by atoms with Gasteiger partial charge in [0.15, 0.2) is 5.75 Å². The van der Waals surface area contributed by atoms with Crippen molar-refractivity contribution in [2.45, 2.75) is 14.7 Å². The van der Waals surface area contributed by atoms with Crippen molar-refractivity contribution >= 4 is 46.8 Å². The third kappa shape index (κ3) is 6.42. The third-order valence-electron chi connectivity index (χ3n) is 3.80. The van der Waals surface area contributed by atoms with Gasteiger partial charge in [0.25, 0.3) is 0 Å². The molecule has 0 saturated heterocycles. The first-order chi connectivity index (χ1) is 13.3. The molecule has 0 amide bonds. The van der Waals surface area contributed by atoms with Gasteiger partial charge in [-0.25, -0.2) is 16.8 Å². The second kappa shape index (κ2) is 10.1. The number of hydrogen-bond donors (Lipinski definition) is 1. The predicted octanol–water partition coefficient (Wildman–Crippen LogP) is -4.99. The second-order valence-electron chi connectivity index (χ2n) is 5.79. The summed E-state index contributed by atoms with van der Waals surface area (Å²) in [6.45, 7) is 0. The first kappa shape index (κ1) is 28.3. The van der Waals surface area contributed by atoms with E-state index in [0.717, 1.165) is 18.2 Å². The first-order valence-corrected chi connectivity index (χ1v) is 11.8. The van der Waals surface area contributed by atoms with E-state index in [9.17, 15) is 34.4 Å². The Kier molecular flexibility index (Phi) is 9.18. The third-order valence-corrected chi connectivity index (χ3v) is 6.67. The summed E-state index contributed by atoms with van der Waals surface area (Å²) in [7, 11) is -14.5. The van der Waals surface area contributed by atoms with E-state index in [-0.39, 0.29) is 80.5 Å². The minimum atomic E-state index is -5.09. The molecule has 0 heterocycles. The Morgan fingerprint density at radius 2 is 1.19 bits per heavy atom. The van der Waals surface area contributed by atoms with Crippen LogP contribution in [0.2, 0.25) is 0 Å². The fourth-order valence-corrected chi connectivity index (χ4v) is 4.58. The summed E-state index contributed by atoms with van der Waals surface area (Å²) in [6.07, 6.45) is 0. The van der Waals surface area contributed by atoms with Gasteiger partial charge < -0.3 is 19.0 Å². The number of nitrogens with two attached hydrogens (primary N) is 1. The number of fused-ring (bicyclic) bond motifs is 1.